The van der Waals surface area contributed by atoms with Crippen molar-refractivity contribution < 1.29 is 4.57 Å². The van der Waals surface area contributed by atoms with Crippen LogP contribution in [-0.4, -0.2) is 9.55 Å². The van der Waals surface area contributed by atoms with Crippen LogP contribution in [-0.2, 0) is 4.57 Å². The van der Waals surface area contributed by atoms with Gasteiger partial charge in [0, 0.05) is 22.2 Å². The molecule has 0 radical (unpaired) electrons. The third-order valence-electron chi connectivity index (χ3n) is 6.69. The first-order valence-corrected chi connectivity index (χ1v) is 13.3. The predicted molar refractivity (Wildman–Crippen MR) is 148 cm³/mol. The Bertz CT molecular complexity index is 1660. The van der Waals surface area contributed by atoms with Crippen LogP contribution in [0.5, 0.6) is 0 Å². The number of hydrogen-bond donors (Lipinski definition) is 0. The molecule has 0 amide bonds. The Morgan fingerprint density at radius 2 is 1.40 bits per heavy atom. The van der Waals surface area contributed by atoms with E-state index in [0.717, 1.165) is 39.0 Å². The van der Waals surface area contributed by atoms with Crippen LogP contribution in [0.1, 0.15) is 18.1 Å². The van der Waals surface area contributed by atoms with E-state index in [-0.39, 0.29) is 5.66 Å². The van der Waals surface area contributed by atoms with Gasteiger partial charge < -0.3 is 4.57 Å². The smallest absolute Gasteiger partial charge is 0.145 e. The summed E-state index contributed by atoms with van der Waals surface area (Å²) in [5, 5.41) is 3.25. The van der Waals surface area contributed by atoms with Gasteiger partial charge in [0.15, 0.2) is 0 Å². The first-order chi connectivity index (χ1) is 17.2. The highest BCUT2D eigenvalue weighted by molar-refractivity contribution is 7.53. The highest BCUT2D eigenvalue weighted by Crippen LogP contribution is 2.42. The van der Waals surface area contributed by atoms with Gasteiger partial charge in [-0.25, -0.2) is 4.98 Å². The van der Waals surface area contributed by atoms with Crippen LogP contribution >= 0.6 is 7.80 Å². The maximum Gasteiger partial charge on any atom is 0.145 e. The van der Waals surface area contributed by atoms with E-state index in [2.05, 4.69) is 60.0 Å². The van der Waals surface area contributed by atoms with Crippen molar-refractivity contribution in [2.24, 2.45) is 0 Å². The van der Waals surface area contributed by atoms with E-state index >= 15 is 0 Å². The molecular weight excluding hydrogens is 447 g/mol. The molecule has 0 bridgehead atoms. The summed E-state index contributed by atoms with van der Waals surface area (Å²) in [6.45, 7) is 2.08. The van der Waals surface area contributed by atoms with Crippen molar-refractivity contribution in [3.63, 3.8) is 0 Å². The Morgan fingerprint density at radius 3 is 2.23 bits per heavy atom. The van der Waals surface area contributed by atoms with Gasteiger partial charge in [-0.05, 0) is 40.6 Å². The number of benzene rings is 5. The second kappa shape index (κ2) is 9.02. The zero-order valence-corrected chi connectivity index (χ0v) is 20.4. The average Bonchev–Trinajstić information content (AvgIpc) is 3.32. The minimum absolute atomic E-state index is 0.0501. The zero-order valence-electron chi connectivity index (χ0n) is 19.4. The van der Waals surface area contributed by atoms with Gasteiger partial charge in [-0.15, -0.1) is 0 Å². The van der Waals surface area contributed by atoms with Crippen molar-refractivity contribution in [1.82, 2.24) is 9.55 Å². The lowest BCUT2D eigenvalue weighted by molar-refractivity contribution is 0.588. The molecule has 0 aliphatic heterocycles. The SMILES string of the molecule is CC(c1cccc2ccccc12)[PH](=O)c1ccc(-c2nc3ccccc3n2-c2ccccc2)cc1. The number of imidazole rings is 1. The maximum atomic E-state index is 13.6. The molecule has 35 heavy (non-hydrogen) atoms. The number of rotatable bonds is 5. The van der Waals surface area contributed by atoms with E-state index in [1.807, 2.05) is 72.8 Å². The summed E-state index contributed by atoms with van der Waals surface area (Å²) in [5.74, 6) is 0.880. The molecule has 4 heteroatoms. The number of hydrogen-bond acceptors (Lipinski definition) is 2. The Morgan fingerprint density at radius 1 is 0.714 bits per heavy atom. The quantitative estimate of drug-likeness (QED) is 0.240. The summed E-state index contributed by atoms with van der Waals surface area (Å²) in [4.78, 5) is 4.94. The van der Waals surface area contributed by atoms with Gasteiger partial charge in [0.25, 0.3) is 0 Å². The second-order valence-electron chi connectivity index (χ2n) is 8.83. The molecule has 1 heterocycles. The summed E-state index contributed by atoms with van der Waals surface area (Å²) >= 11 is 0. The van der Waals surface area contributed by atoms with Crippen LogP contribution in [0.25, 0.3) is 38.9 Å². The fourth-order valence-corrected chi connectivity index (χ4v) is 6.39. The molecule has 0 saturated carbocycles. The van der Waals surface area contributed by atoms with Gasteiger partial charge in [0.2, 0.25) is 0 Å². The van der Waals surface area contributed by atoms with Gasteiger partial charge in [-0.2, -0.15) is 0 Å². The summed E-state index contributed by atoms with van der Waals surface area (Å²) in [6, 6.07) is 41.2. The largest absolute Gasteiger partial charge is 0.321 e. The molecule has 0 spiro atoms. The molecule has 0 N–H and O–H groups in total. The molecule has 3 nitrogen and oxygen atoms in total. The third kappa shape index (κ3) is 3.88. The first-order valence-electron chi connectivity index (χ1n) is 11.9. The topological polar surface area (TPSA) is 34.9 Å². The zero-order chi connectivity index (χ0) is 23.8. The van der Waals surface area contributed by atoms with Crippen molar-refractivity contribution in [2.45, 2.75) is 12.6 Å². The number of aromatic nitrogens is 2. The summed E-state index contributed by atoms with van der Waals surface area (Å²) in [5.41, 5.74) is 5.18. The van der Waals surface area contributed by atoms with E-state index in [1.54, 1.807) is 0 Å². The molecule has 0 saturated heterocycles. The molecule has 5 aromatic carbocycles. The lowest BCUT2D eigenvalue weighted by atomic mass is 10.0. The Balaban J connectivity index is 1.38. The van der Waals surface area contributed by atoms with Crippen LogP contribution in [0.2, 0.25) is 0 Å². The summed E-state index contributed by atoms with van der Waals surface area (Å²) in [6.07, 6.45) is 0. The fraction of sp³-hybridized carbons (Fsp3) is 0.0645. The third-order valence-corrected chi connectivity index (χ3v) is 8.69. The minimum Gasteiger partial charge on any atom is -0.321 e. The van der Waals surface area contributed by atoms with Gasteiger partial charge in [-0.3, -0.25) is 4.57 Å². The molecule has 6 rings (SSSR count). The van der Waals surface area contributed by atoms with Gasteiger partial charge in [0.05, 0.1) is 11.0 Å². The average molecular weight is 473 g/mol. The molecular formula is C31H25N2OP. The molecule has 1 aromatic heterocycles. The van der Waals surface area contributed by atoms with Crippen molar-refractivity contribution >= 4 is 34.9 Å². The van der Waals surface area contributed by atoms with Crippen LogP contribution in [0.4, 0.5) is 0 Å². The lowest BCUT2D eigenvalue weighted by Crippen LogP contribution is -2.03. The summed E-state index contributed by atoms with van der Waals surface area (Å²) in [7, 11) is -2.05. The van der Waals surface area contributed by atoms with E-state index in [1.165, 1.54) is 10.8 Å². The minimum atomic E-state index is -2.05. The normalized spacial score (nSPS) is 13.2. The molecule has 0 fully saturated rings. The monoisotopic (exact) mass is 472 g/mol. The molecule has 2 unspecified atom stereocenters. The van der Waals surface area contributed by atoms with Crippen molar-refractivity contribution in [2.75, 3.05) is 0 Å². The van der Waals surface area contributed by atoms with Gasteiger partial charge >= 0.3 is 0 Å². The molecule has 6 aromatic rings. The van der Waals surface area contributed by atoms with E-state index < -0.39 is 7.80 Å². The number of nitrogens with zero attached hydrogens (tertiary/aromatic N) is 2. The molecule has 0 aliphatic rings. The highest BCUT2D eigenvalue weighted by atomic mass is 31.1. The molecule has 2 atom stereocenters. The Hall–Kier alpha value is -3.94. The predicted octanol–water partition coefficient (Wildman–Crippen LogP) is 7.79. The molecule has 0 aliphatic carbocycles. The first kappa shape index (κ1) is 21.6. The van der Waals surface area contributed by atoms with Gasteiger partial charge in [-0.1, -0.05) is 104 Å². The Kier molecular flexibility index (Phi) is 5.56. The maximum absolute atomic E-state index is 13.6. The van der Waals surface area contributed by atoms with E-state index in [4.69, 9.17) is 4.98 Å². The van der Waals surface area contributed by atoms with E-state index in [9.17, 15) is 4.57 Å². The number of fused-ring (bicyclic) bond motifs is 2. The molecule has 170 valence electrons. The number of para-hydroxylation sites is 3. The van der Waals surface area contributed by atoms with Crippen LogP contribution in [0.3, 0.4) is 0 Å². The standard InChI is InChI=1S/C31H25N2OP/c1-22(27-15-9-11-23-10-5-6-14-28(23)27)35(34)26-20-18-24(19-21-26)31-32-29-16-7-8-17-30(29)33(31)25-12-3-2-4-13-25/h2-22,35H,1H3. The second-order valence-corrected chi connectivity index (χ2v) is 11.0. The van der Waals surface area contributed by atoms with Crippen LogP contribution < -0.4 is 5.30 Å². The fourth-order valence-electron chi connectivity index (χ4n) is 4.86. The summed E-state index contributed by atoms with van der Waals surface area (Å²) < 4.78 is 15.8. The Labute approximate surface area is 205 Å². The van der Waals surface area contributed by atoms with Gasteiger partial charge in [0.1, 0.15) is 13.6 Å². The highest BCUT2D eigenvalue weighted by Gasteiger charge is 2.19. The van der Waals surface area contributed by atoms with Crippen LogP contribution in [0, 0.1) is 0 Å². The van der Waals surface area contributed by atoms with Crippen molar-refractivity contribution in [3.8, 4) is 17.1 Å². The van der Waals surface area contributed by atoms with Crippen LogP contribution in [0.15, 0.2) is 121 Å². The van der Waals surface area contributed by atoms with Crippen molar-refractivity contribution in [3.05, 3.63) is 127 Å². The van der Waals surface area contributed by atoms with E-state index in [0.29, 0.717) is 0 Å². The lowest BCUT2D eigenvalue weighted by Gasteiger charge is -2.15. The van der Waals surface area contributed by atoms with Crippen molar-refractivity contribution in [1.29, 1.82) is 0 Å².